The Kier molecular flexibility index (Phi) is 4.41. The van der Waals surface area contributed by atoms with Crippen LogP contribution in [0.15, 0.2) is 48.5 Å². The van der Waals surface area contributed by atoms with Crippen LogP contribution in [-0.2, 0) is 0 Å². The van der Waals surface area contributed by atoms with Crippen molar-refractivity contribution in [3.63, 3.8) is 0 Å². The number of hydrogen-bond acceptors (Lipinski definition) is 4. The molecule has 4 heteroatoms. The van der Waals surface area contributed by atoms with Gasteiger partial charge < -0.3 is 9.84 Å². The third-order valence-electron chi connectivity index (χ3n) is 4.51. The second kappa shape index (κ2) is 6.83. The maximum absolute atomic E-state index is 9.59. The number of phenolic OH excluding ortho intramolecular Hbond substituents is 1. The Balaban J connectivity index is 1.42. The minimum atomic E-state index is 0.314. The third-order valence-corrected chi connectivity index (χ3v) is 5.68. The molecule has 0 bridgehead atoms. The molecule has 0 amide bonds. The van der Waals surface area contributed by atoms with E-state index in [4.69, 9.17) is 4.74 Å². The number of fused-ring (bicyclic) bond motifs is 1. The van der Waals surface area contributed by atoms with Gasteiger partial charge in [-0.2, -0.15) is 0 Å². The summed E-state index contributed by atoms with van der Waals surface area (Å²) in [7, 11) is 0. The van der Waals surface area contributed by atoms with E-state index in [1.165, 1.54) is 41.1 Å². The van der Waals surface area contributed by atoms with Crippen molar-refractivity contribution in [2.24, 2.45) is 0 Å². The average Bonchev–Trinajstić information content (AvgIpc) is 3.24. The lowest BCUT2D eigenvalue weighted by Crippen LogP contribution is -2.25. The molecule has 1 aliphatic rings. The highest BCUT2D eigenvalue weighted by atomic mass is 32.1. The van der Waals surface area contributed by atoms with Gasteiger partial charge in [0, 0.05) is 16.1 Å². The lowest BCUT2D eigenvalue weighted by molar-refractivity contribution is 0.238. The van der Waals surface area contributed by atoms with Crippen molar-refractivity contribution in [2.45, 2.75) is 12.8 Å². The van der Waals surface area contributed by atoms with Crippen LogP contribution in [0.4, 0.5) is 0 Å². The third kappa shape index (κ3) is 3.40. The number of thiophene rings is 1. The topological polar surface area (TPSA) is 32.7 Å². The van der Waals surface area contributed by atoms with E-state index in [-0.39, 0.29) is 0 Å². The number of nitrogens with zero attached hydrogens (tertiary/aromatic N) is 1. The summed E-state index contributed by atoms with van der Waals surface area (Å²) in [4.78, 5) is 3.67. The number of hydrogen-bond donors (Lipinski definition) is 1. The highest BCUT2D eigenvalue weighted by molar-refractivity contribution is 7.22. The molecule has 0 unspecified atom stereocenters. The molecule has 1 aromatic heterocycles. The molecule has 4 rings (SSSR count). The zero-order valence-electron chi connectivity index (χ0n) is 13.6. The summed E-state index contributed by atoms with van der Waals surface area (Å²) in [5.41, 5.74) is 1.18. The molecule has 0 atom stereocenters. The summed E-state index contributed by atoms with van der Waals surface area (Å²) < 4.78 is 7.05. The Morgan fingerprint density at radius 1 is 1.00 bits per heavy atom. The van der Waals surface area contributed by atoms with Gasteiger partial charge in [0.25, 0.3) is 0 Å². The van der Waals surface area contributed by atoms with Gasteiger partial charge in [0.15, 0.2) is 0 Å². The van der Waals surface area contributed by atoms with Gasteiger partial charge in [-0.15, -0.1) is 11.3 Å². The Bertz CT molecular complexity index is 819. The van der Waals surface area contributed by atoms with Crippen LogP contribution in [0.5, 0.6) is 11.5 Å². The smallest absolute Gasteiger partial charge is 0.119 e. The largest absolute Gasteiger partial charge is 0.508 e. The van der Waals surface area contributed by atoms with Crippen molar-refractivity contribution in [1.29, 1.82) is 0 Å². The van der Waals surface area contributed by atoms with Crippen LogP contribution in [-0.4, -0.2) is 36.2 Å². The van der Waals surface area contributed by atoms with Gasteiger partial charge in [-0.05, 0) is 85.4 Å². The molecular weight excluding hydrogens is 318 g/mol. The molecule has 1 saturated heterocycles. The Morgan fingerprint density at radius 3 is 2.58 bits per heavy atom. The SMILES string of the molecule is Oc1ccc2sc(-c3ccc(OCCN4CCCC4)cc3)cc2c1. The van der Waals surface area contributed by atoms with E-state index < -0.39 is 0 Å². The van der Waals surface area contributed by atoms with Gasteiger partial charge in [0.2, 0.25) is 0 Å². The molecular formula is C20H21NO2S. The normalized spacial score (nSPS) is 15.2. The van der Waals surface area contributed by atoms with Crippen molar-refractivity contribution in [2.75, 3.05) is 26.2 Å². The minimum absolute atomic E-state index is 0.314. The first kappa shape index (κ1) is 15.5. The number of phenols is 1. The van der Waals surface area contributed by atoms with E-state index in [1.807, 2.05) is 24.3 Å². The van der Waals surface area contributed by atoms with Crippen LogP contribution in [0.2, 0.25) is 0 Å². The Labute approximate surface area is 146 Å². The van der Waals surface area contributed by atoms with Crippen LogP contribution < -0.4 is 4.74 Å². The molecule has 2 aromatic carbocycles. The summed E-state index contributed by atoms with van der Waals surface area (Å²) in [5.74, 6) is 1.24. The van der Waals surface area contributed by atoms with E-state index in [1.54, 1.807) is 17.4 Å². The molecule has 24 heavy (non-hydrogen) atoms. The quantitative estimate of drug-likeness (QED) is 0.728. The Morgan fingerprint density at radius 2 is 1.79 bits per heavy atom. The van der Waals surface area contributed by atoms with Crippen molar-refractivity contribution in [1.82, 2.24) is 4.90 Å². The van der Waals surface area contributed by atoms with E-state index in [9.17, 15) is 5.11 Å². The summed E-state index contributed by atoms with van der Waals surface area (Å²) in [6, 6.07) is 15.9. The number of likely N-dealkylation sites (tertiary alicyclic amines) is 1. The van der Waals surface area contributed by atoms with Crippen molar-refractivity contribution in [3.8, 4) is 21.9 Å². The van der Waals surface area contributed by atoms with Crippen molar-refractivity contribution < 1.29 is 9.84 Å². The van der Waals surface area contributed by atoms with Crippen molar-refractivity contribution >= 4 is 21.4 Å². The number of aromatic hydroxyl groups is 1. The summed E-state index contributed by atoms with van der Waals surface area (Å²) in [5, 5.41) is 10.7. The standard InChI is InChI=1S/C20H21NO2S/c22-17-5-8-19-16(13-17)14-20(24-19)15-3-6-18(7-4-15)23-12-11-21-9-1-2-10-21/h3-8,13-14,22H,1-2,9-12H2. The van der Waals surface area contributed by atoms with Gasteiger partial charge in [0.05, 0.1) is 0 Å². The lowest BCUT2D eigenvalue weighted by atomic mass is 10.1. The predicted octanol–water partition coefficient (Wildman–Crippen LogP) is 4.75. The first-order valence-corrected chi connectivity index (χ1v) is 9.28. The van der Waals surface area contributed by atoms with Crippen LogP contribution in [0.1, 0.15) is 12.8 Å². The molecule has 1 fully saturated rings. The van der Waals surface area contributed by atoms with Gasteiger partial charge in [-0.1, -0.05) is 0 Å². The highest BCUT2D eigenvalue weighted by Gasteiger charge is 2.11. The van der Waals surface area contributed by atoms with E-state index in [2.05, 4.69) is 23.1 Å². The van der Waals surface area contributed by atoms with Gasteiger partial charge in [-0.3, -0.25) is 4.90 Å². The number of benzene rings is 2. The predicted molar refractivity (Wildman–Crippen MR) is 100 cm³/mol. The average molecular weight is 339 g/mol. The van der Waals surface area contributed by atoms with Gasteiger partial charge >= 0.3 is 0 Å². The minimum Gasteiger partial charge on any atom is -0.508 e. The fourth-order valence-electron chi connectivity index (χ4n) is 3.19. The fourth-order valence-corrected chi connectivity index (χ4v) is 4.24. The summed E-state index contributed by atoms with van der Waals surface area (Å²) >= 11 is 1.74. The second-order valence-electron chi connectivity index (χ2n) is 6.25. The summed E-state index contributed by atoms with van der Waals surface area (Å²) in [6.07, 6.45) is 2.64. The monoisotopic (exact) mass is 339 g/mol. The molecule has 0 saturated carbocycles. The lowest BCUT2D eigenvalue weighted by Gasteiger charge is -2.14. The molecule has 0 radical (unpaired) electrons. The zero-order chi connectivity index (χ0) is 16.4. The van der Waals surface area contributed by atoms with Crippen LogP contribution in [0, 0.1) is 0 Å². The number of rotatable bonds is 5. The second-order valence-corrected chi connectivity index (χ2v) is 7.34. The van der Waals surface area contributed by atoms with E-state index >= 15 is 0 Å². The first-order valence-electron chi connectivity index (χ1n) is 8.46. The van der Waals surface area contributed by atoms with E-state index in [0.717, 1.165) is 24.3 Å². The van der Waals surface area contributed by atoms with Crippen LogP contribution in [0.3, 0.4) is 0 Å². The fraction of sp³-hybridized carbons (Fsp3) is 0.300. The summed E-state index contributed by atoms with van der Waals surface area (Å²) in [6.45, 7) is 4.19. The molecule has 0 aliphatic carbocycles. The molecule has 124 valence electrons. The molecule has 3 aromatic rings. The Hall–Kier alpha value is -2.04. The molecule has 0 spiro atoms. The molecule has 2 heterocycles. The maximum atomic E-state index is 9.59. The van der Waals surface area contributed by atoms with Gasteiger partial charge in [0.1, 0.15) is 18.1 Å². The molecule has 1 N–H and O–H groups in total. The maximum Gasteiger partial charge on any atom is 0.119 e. The van der Waals surface area contributed by atoms with Crippen molar-refractivity contribution in [3.05, 3.63) is 48.5 Å². The van der Waals surface area contributed by atoms with E-state index in [0.29, 0.717) is 5.75 Å². The highest BCUT2D eigenvalue weighted by Crippen LogP contribution is 2.35. The molecule has 3 nitrogen and oxygen atoms in total. The first-order chi connectivity index (χ1) is 11.8. The zero-order valence-corrected chi connectivity index (χ0v) is 14.4. The van der Waals surface area contributed by atoms with Crippen LogP contribution in [0.25, 0.3) is 20.5 Å². The number of ether oxygens (including phenoxy) is 1. The van der Waals surface area contributed by atoms with Gasteiger partial charge in [-0.25, -0.2) is 0 Å². The van der Waals surface area contributed by atoms with Crippen LogP contribution >= 0.6 is 11.3 Å². The molecule has 1 aliphatic heterocycles.